The molecule has 2 aromatic rings. The molecule has 6 heteroatoms. The van der Waals surface area contributed by atoms with Crippen LogP contribution >= 0.6 is 11.6 Å². The van der Waals surface area contributed by atoms with Crippen molar-refractivity contribution in [1.29, 1.82) is 0 Å². The van der Waals surface area contributed by atoms with Crippen LogP contribution in [0.15, 0.2) is 42.6 Å². The van der Waals surface area contributed by atoms with Gasteiger partial charge in [-0.1, -0.05) is 43.6 Å². The van der Waals surface area contributed by atoms with Crippen molar-refractivity contribution in [2.75, 3.05) is 6.54 Å². The molecular weight excluding hydrogens is 338 g/mol. The van der Waals surface area contributed by atoms with E-state index in [9.17, 15) is 9.59 Å². The number of pyridine rings is 1. The molecule has 5 nitrogen and oxygen atoms in total. The number of nitrogens with zero attached hydrogens (tertiary/aromatic N) is 1. The third kappa shape index (κ3) is 5.87. The molecule has 0 aliphatic heterocycles. The second kappa shape index (κ2) is 9.18. The molecule has 25 heavy (non-hydrogen) atoms. The largest absolute Gasteiger partial charge is 0.352 e. The fraction of sp³-hybridized carbons (Fsp3) is 0.316. The molecule has 0 saturated heterocycles. The lowest BCUT2D eigenvalue weighted by molar-refractivity contribution is 0.0946. The fourth-order valence-electron chi connectivity index (χ4n) is 2.18. The Bertz CT molecular complexity index is 747. The van der Waals surface area contributed by atoms with E-state index in [4.69, 9.17) is 11.6 Å². The molecule has 0 aliphatic rings. The number of halogens is 1. The zero-order valence-electron chi connectivity index (χ0n) is 14.4. The Morgan fingerprint density at radius 2 is 1.88 bits per heavy atom. The van der Waals surface area contributed by atoms with Gasteiger partial charge in [-0.2, -0.15) is 0 Å². The summed E-state index contributed by atoms with van der Waals surface area (Å²) in [7, 11) is 0. The predicted molar refractivity (Wildman–Crippen MR) is 98.6 cm³/mol. The van der Waals surface area contributed by atoms with Crippen LogP contribution in [0.4, 0.5) is 0 Å². The first-order valence-electron chi connectivity index (χ1n) is 8.23. The highest BCUT2D eigenvalue weighted by Gasteiger charge is 2.12. The van der Waals surface area contributed by atoms with Gasteiger partial charge in [-0.15, -0.1) is 0 Å². The van der Waals surface area contributed by atoms with E-state index in [0.29, 0.717) is 29.6 Å². The van der Waals surface area contributed by atoms with Crippen LogP contribution in [-0.2, 0) is 6.54 Å². The highest BCUT2D eigenvalue weighted by atomic mass is 35.5. The normalized spacial score (nSPS) is 10.6. The van der Waals surface area contributed by atoms with Crippen molar-refractivity contribution in [1.82, 2.24) is 15.6 Å². The van der Waals surface area contributed by atoms with Gasteiger partial charge in [-0.05, 0) is 36.1 Å². The van der Waals surface area contributed by atoms with Gasteiger partial charge in [-0.3, -0.25) is 14.6 Å². The van der Waals surface area contributed by atoms with E-state index in [1.165, 1.54) is 12.3 Å². The maximum Gasteiger partial charge on any atom is 0.270 e. The smallest absolute Gasteiger partial charge is 0.270 e. The van der Waals surface area contributed by atoms with Crippen molar-refractivity contribution < 1.29 is 9.59 Å². The Kier molecular flexibility index (Phi) is 6.95. The number of hydrogen-bond donors (Lipinski definition) is 2. The monoisotopic (exact) mass is 359 g/mol. The molecule has 0 atom stereocenters. The van der Waals surface area contributed by atoms with Gasteiger partial charge < -0.3 is 10.6 Å². The summed E-state index contributed by atoms with van der Waals surface area (Å²) in [5, 5.41) is 6.20. The Morgan fingerprint density at radius 1 is 1.12 bits per heavy atom. The van der Waals surface area contributed by atoms with E-state index in [1.807, 2.05) is 18.2 Å². The lowest BCUT2D eigenvalue weighted by Crippen LogP contribution is -2.27. The first kappa shape index (κ1) is 18.9. The predicted octanol–water partition coefficient (Wildman–Crippen LogP) is 3.44. The zero-order chi connectivity index (χ0) is 18.2. The number of carbonyl (C=O) groups is 2. The third-order valence-corrected chi connectivity index (χ3v) is 4.03. The first-order chi connectivity index (χ1) is 12.0. The molecule has 0 aliphatic carbocycles. The summed E-state index contributed by atoms with van der Waals surface area (Å²) in [6.07, 6.45) is 2.36. The standard InChI is InChI=1S/C19H22ClN3O2/c1-13(2)7-9-22-18(24)14-8-10-21-17(11-14)19(25)23-12-15-5-3-4-6-16(15)20/h3-6,8,10-11,13H,7,9,12H2,1-2H3,(H,22,24)(H,23,25). The maximum absolute atomic E-state index is 12.3. The minimum atomic E-state index is -0.350. The van der Waals surface area contributed by atoms with Gasteiger partial charge in [0.2, 0.25) is 0 Å². The van der Waals surface area contributed by atoms with Crippen LogP contribution in [0.3, 0.4) is 0 Å². The highest BCUT2D eigenvalue weighted by molar-refractivity contribution is 6.31. The topological polar surface area (TPSA) is 71.1 Å². The fourth-order valence-corrected chi connectivity index (χ4v) is 2.38. The van der Waals surface area contributed by atoms with E-state index in [2.05, 4.69) is 29.5 Å². The van der Waals surface area contributed by atoms with E-state index in [1.54, 1.807) is 12.1 Å². The van der Waals surface area contributed by atoms with E-state index < -0.39 is 0 Å². The van der Waals surface area contributed by atoms with Crippen LogP contribution in [0.5, 0.6) is 0 Å². The van der Waals surface area contributed by atoms with Gasteiger partial charge in [0, 0.05) is 29.9 Å². The van der Waals surface area contributed by atoms with Gasteiger partial charge in [-0.25, -0.2) is 0 Å². The maximum atomic E-state index is 12.3. The number of nitrogens with one attached hydrogen (secondary N) is 2. The Hall–Kier alpha value is -2.40. The van der Waals surface area contributed by atoms with Crippen molar-refractivity contribution >= 4 is 23.4 Å². The SMILES string of the molecule is CC(C)CCNC(=O)c1ccnc(C(=O)NCc2ccccc2Cl)c1. The van der Waals surface area contributed by atoms with Crippen LogP contribution in [0, 0.1) is 5.92 Å². The zero-order valence-corrected chi connectivity index (χ0v) is 15.1. The van der Waals surface area contributed by atoms with Crippen LogP contribution < -0.4 is 10.6 Å². The summed E-state index contributed by atoms with van der Waals surface area (Å²) in [4.78, 5) is 28.4. The molecule has 2 N–H and O–H groups in total. The molecule has 132 valence electrons. The molecule has 0 fully saturated rings. The second-order valence-electron chi connectivity index (χ2n) is 6.14. The molecule has 0 spiro atoms. The summed E-state index contributed by atoms with van der Waals surface area (Å²) < 4.78 is 0. The van der Waals surface area contributed by atoms with E-state index in [0.717, 1.165) is 12.0 Å². The lowest BCUT2D eigenvalue weighted by atomic mass is 10.1. The van der Waals surface area contributed by atoms with Gasteiger partial charge in [0.1, 0.15) is 5.69 Å². The van der Waals surface area contributed by atoms with Gasteiger partial charge in [0.25, 0.3) is 11.8 Å². The van der Waals surface area contributed by atoms with Crippen LogP contribution in [0.1, 0.15) is 46.7 Å². The molecule has 0 saturated carbocycles. The minimum Gasteiger partial charge on any atom is -0.352 e. The minimum absolute atomic E-state index is 0.198. The van der Waals surface area contributed by atoms with Gasteiger partial charge in [0.05, 0.1) is 0 Å². The van der Waals surface area contributed by atoms with E-state index >= 15 is 0 Å². The molecule has 1 aromatic carbocycles. The van der Waals surface area contributed by atoms with Crippen molar-refractivity contribution in [2.24, 2.45) is 5.92 Å². The van der Waals surface area contributed by atoms with Gasteiger partial charge in [0.15, 0.2) is 0 Å². The summed E-state index contributed by atoms with van der Waals surface area (Å²) in [5.41, 5.74) is 1.44. The summed E-state index contributed by atoms with van der Waals surface area (Å²) >= 11 is 6.07. The first-order valence-corrected chi connectivity index (χ1v) is 8.61. The molecule has 0 bridgehead atoms. The Morgan fingerprint density at radius 3 is 2.60 bits per heavy atom. The second-order valence-corrected chi connectivity index (χ2v) is 6.55. The van der Waals surface area contributed by atoms with Crippen molar-refractivity contribution in [3.8, 4) is 0 Å². The molecular formula is C19H22ClN3O2. The molecule has 0 radical (unpaired) electrons. The Labute approximate surface area is 152 Å². The average molecular weight is 360 g/mol. The lowest BCUT2D eigenvalue weighted by Gasteiger charge is -2.09. The number of rotatable bonds is 7. The molecule has 0 unspecified atom stereocenters. The van der Waals surface area contributed by atoms with Crippen LogP contribution in [0.25, 0.3) is 0 Å². The van der Waals surface area contributed by atoms with E-state index in [-0.39, 0.29) is 17.5 Å². The molecule has 1 aromatic heterocycles. The summed E-state index contributed by atoms with van der Waals surface area (Å²) in [5.74, 6) is -0.0381. The molecule has 2 rings (SSSR count). The van der Waals surface area contributed by atoms with Crippen molar-refractivity contribution in [2.45, 2.75) is 26.8 Å². The van der Waals surface area contributed by atoms with Crippen LogP contribution in [-0.4, -0.2) is 23.3 Å². The number of hydrogen-bond acceptors (Lipinski definition) is 3. The third-order valence-electron chi connectivity index (χ3n) is 3.66. The number of aromatic nitrogens is 1. The average Bonchev–Trinajstić information content (AvgIpc) is 2.60. The quantitative estimate of drug-likeness (QED) is 0.795. The molecule has 2 amide bonds. The van der Waals surface area contributed by atoms with Crippen molar-refractivity contribution in [3.63, 3.8) is 0 Å². The van der Waals surface area contributed by atoms with Gasteiger partial charge >= 0.3 is 0 Å². The van der Waals surface area contributed by atoms with Crippen LogP contribution in [0.2, 0.25) is 5.02 Å². The van der Waals surface area contributed by atoms with Crippen molar-refractivity contribution in [3.05, 3.63) is 64.4 Å². The highest BCUT2D eigenvalue weighted by Crippen LogP contribution is 2.14. The number of amides is 2. The number of carbonyl (C=O) groups excluding carboxylic acids is 2. The number of benzene rings is 1. The Balaban J connectivity index is 1.96. The summed E-state index contributed by atoms with van der Waals surface area (Å²) in [6, 6.07) is 10.4. The molecule has 1 heterocycles. The summed E-state index contributed by atoms with van der Waals surface area (Å²) in [6.45, 7) is 5.10.